The number of aliphatic imine (C=N–C) groups is 1. The number of guanidine groups is 1. The number of halogens is 1. The Morgan fingerprint density at radius 1 is 1.23 bits per heavy atom. The lowest BCUT2D eigenvalue weighted by atomic mass is 10.2. The first-order valence-corrected chi connectivity index (χ1v) is 7.95. The van der Waals surface area contributed by atoms with Gasteiger partial charge in [-0.3, -0.25) is 4.79 Å². The van der Waals surface area contributed by atoms with Crippen LogP contribution in [0, 0.1) is 0 Å². The molecule has 5 nitrogen and oxygen atoms in total. The van der Waals surface area contributed by atoms with Gasteiger partial charge in [-0.2, -0.15) is 0 Å². The average molecular weight is 325 g/mol. The maximum atomic E-state index is 11.6. The Morgan fingerprint density at radius 2 is 1.91 bits per heavy atom. The highest BCUT2D eigenvalue weighted by molar-refractivity contribution is 6.30. The SMILES string of the molecule is CCNC(=NCc1ccc(Cl)cc1)NCCC(=O)NC(C)C. The fourth-order valence-electron chi connectivity index (χ4n) is 1.79. The average Bonchev–Trinajstić information content (AvgIpc) is 2.45. The Morgan fingerprint density at radius 3 is 2.50 bits per heavy atom. The van der Waals surface area contributed by atoms with Crippen LogP contribution in [0.2, 0.25) is 5.02 Å². The quantitative estimate of drug-likeness (QED) is 0.532. The minimum atomic E-state index is 0.0380. The van der Waals surface area contributed by atoms with Gasteiger partial charge in [-0.15, -0.1) is 0 Å². The second kappa shape index (κ2) is 10.1. The van der Waals surface area contributed by atoms with Crippen molar-refractivity contribution in [2.75, 3.05) is 13.1 Å². The smallest absolute Gasteiger partial charge is 0.221 e. The summed E-state index contributed by atoms with van der Waals surface area (Å²) in [6, 6.07) is 7.77. The summed E-state index contributed by atoms with van der Waals surface area (Å²) >= 11 is 5.86. The van der Waals surface area contributed by atoms with Crippen molar-refractivity contribution in [2.24, 2.45) is 4.99 Å². The van der Waals surface area contributed by atoms with E-state index < -0.39 is 0 Å². The van der Waals surface area contributed by atoms with Crippen LogP contribution in [0.1, 0.15) is 32.8 Å². The van der Waals surface area contributed by atoms with E-state index >= 15 is 0 Å². The summed E-state index contributed by atoms with van der Waals surface area (Å²) in [6.07, 6.45) is 0.420. The fraction of sp³-hybridized carbons (Fsp3) is 0.500. The monoisotopic (exact) mass is 324 g/mol. The Labute approximate surface area is 137 Å². The van der Waals surface area contributed by atoms with Crippen LogP contribution in [-0.2, 0) is 11.3 Å². The minimum Gasteiger partial charge on any atom is -0.357 e. The molecule has 0 radical (unpaired) electrons. The molecule has 6 heteroatoms. The van der Waals surface area contributed by atoms with Crippen LogP contribution < -0.4 is 16.0 Å². The first-order valence-electron chi connectivity index (χ1n) is 7.57. The summed E-state index contributed by atoms with van der Waals surface area (Å²) in [5, 5.41) is 9.89. The van der Waals surface area contributed by atoms with Gasteiger partial charge in [0.15, 0.2) is 5.96 Å². The van der Waals surface area contributed by atoms with Gasteiger partial charge >= 0.3 is 0 Å². The number of benzene rings is 1. The highest BCUT2D eigenvalue weighted by atomic mass is 35.5. The molecule has 0 fully saturated rings. The summed E-state index contributed by atoms with van der Waals surface area (Å²) in [5.74, 6) is 0.742. The zero-order chi connectivity index (χ0) is 16.4. The number of rotatable bonds is 7. The number of hydrogen-bond acceptors (Lipinski definition) is 2. The normalized spacial score (nSPS) is 11.4. The Balaban J connectivity index is 2.45. The number of amides is 1. The molecular weight excluding hydrogens is 300 g/mol. The first kappa shape index (κ1) is 18.3. The van der Waals surface area contributed by atoms with E-state index in [1.54, 1.807) is 0 Å². The summed E-state index contributed by atoms with van der Waals surface area (Å²) in [6.45, 7) is 7.78. The molecule has 0 aromatic heterocycles. The number of carbonyl (C=O) groups is 1. The van der Waals surface area contributed by atoms with Gasteiger partial charge in [-0.05, 0) is 38.5 Å². The lowest BCUT2D eigenvalue weighted by molar-refractivity contribution is -0.121. The maximum absolute atomic E-state index is 11.6. The third-order valence-corrected chi connectivity index (χ3v) is 3.02. The van der Waals surface area contributed by atoms with Gasteiger partial charge < -0.3 is 16.0 Å². The Kier molecular flexibility index (Phi) is 8.36. The molecule has 1 aromatic rings. The van der Waals surface area contributed by atoms with Crippen LogP contribution in [0.25, 0.3) is 0 Å². The fourth-order valence-corrected chi connectivity index (χ4v) is 1.92. The van der Waals surface area contributed by atoms with Crippen LogP contribution in [0.4, 0.5) is 0 Å². The summed E-state index contributed by atoms with van der Waals surface area (Å²) in [4.78, 5) is 16.1. The van der Waals surface area contributed by atoms with E-state index in [-0.39, 0.29) is 11.9 Å². The molecule has 0 spiro atoms. The van der Waals surface area contributed by atoms with E-state index in [1.807, 2.05) is 45.0 Å². The molecule has 0 atom stereocenters. The molecule has 0 saturated carbocycles. The van der Waals surface area contributed by atoms with Crippen molar-refractivity contribution in [1.29, 1.82) is 0 Å². The van der Waals surface area contributed by atoms with Gasteiger partial charge in [0, 0.05) is 30.6 Å². The van der Waals surface area contributed by atoms with Crippen molar-refractivity contribution in [3.8, 4) is 0 Å². The number of hydrogen-bond donors (Lipinski definition) is 3. The highest BCUT2D eigenvalue weighted by Crippen LogP contribution is 2.10. The molecular formula is C16H25ClN4O. The van der Waals surface area contributed by atoms with Gasteiger partial charge in [0.2, 0.25) is 5.91 Å². The molecule has 0 aliphatic rings. The van der Waals surface area contributed by atoms with Crippen molar-refractivity contribution in [3.05, 3.63) is 34.9 Å². The molecule has 0 aliphatic carbocycles. The second-order valence-corrected chi connectivity index (χ2v) is 5.66. The third-order valence-electron chi connectivity index (χ3n) is 2.77. The van der Waals surface area contributed by atoms with E-state index in [4.69, 9.17) is 11.6 Å². The first-order chi connectivity index (χ1) is 10.5. The third kappa shape index (κ3) is 7.88. The molecule has 1 amide bonds. The lowest BCUT2D eigenvalue weighted by Crippen LogP contribution is -2.40. The molecule has 0 heterocycles. The van der Waals surface area contributed by atoms with E-state index in [0.29, 0.717) is 30.5 Å². The van der Waals surface area contributed by atoms with Crippen molar-refractivity contribution < 1.29 is 4.79 Å². The number of carbonyl (C=O) groups excluding carboxylic acids is 1. The Bertz CT molecular complexity index is 485. The molecule has 0 saturated heterocycles. The van der Waals surface area contributed by atoms with Crippen LogP contribution in [0.5, 0.6) is 0 Å². The van der Waals surface area contributed by atoms with E-state index in [9.17, 15) is 4.79 Å². The summed E-state index contributed by atoms with van der Waals surface area (Å²) in [5.41, 5.74) is 1.08. The van der Waals surface area contributed by atoms with Gasteiger partial charge in [0.25, 0.3) is 0 Å². The zero-order valence-electron chi connectivity index (χ0n) is 13.4. The molecule has 0 unspecified atom stereocenters. The van der Waals surface area contributed by atoms with E-state index in [2.05, 4.69) is 20.9 Å². The van der Waals surface area contributed by atoms with Crippen LogP contribution in [0.3, 0.4) is 0 Å². The number of nitrogens with zero attached hydrogens (tertiary/aromatic N) is 1. The molecule has 1 rings (SSSR count). The molecule has 0 aliphatic heterocycles. The van der Waals surface area contributed by atoms with Crippen LogP contribution >= 0.6 is 11.6 Å². The lowest BCUT2D eigenvalue weighted by Gasteiger charge is -2.12. The molecule has 0 bridgehead atoms. The van der Waals surface area contributed by atoms with E-state index in [0.717, 1.165) is 12.1 Å². The molecule has 3 N–H and O–H groups in total. The molecule has 122 valence electrons. The Hall–Kier alpha value is -1.75. The predicted molar refractivity (Wildman–Crippen MR) is 92.2 cm³/mol. The standard InChI is InChI=1S/C16H25ClN4O/c1-4-18-16(19-10-9-15(22)21-12(2)3)20-11-13-5-7-14(17)8-6-13/h5-8,12H,4,9-11H2,1-3H3,(H,21,22)(H2,18,19,20). The second-order valence-electron chi connectivity index (χ2n) is 5.22. The zero-order valence-corrected chi connectivity index (χ0v) is 14.2. The number of nitrogens with one attached hydrogen (secondary N) is 3. The van der Waals surface area contributed by atoms with Crippen molar-refractivity contribution in [3.63, 3.8) is 0 Å². The topological polar surface area (TPSA) is 65.5 Å². The molecule has 22 heavy (non-hydrogen) atoms. The van der Waals surface area contributed by atoms with E-state index in [1.165, 1.54) is 0 Å². The minimum absolute atomic E-state index is 0.0380. The highest BCUT2D eigenvalue weighted by Gasteiger charge is 2.04. The largest absolute Gasteiger partial charge is 0.357 e. The van der Waals surface area contributed by atoms with Gasteiger partial charge in [0.1, 0.15) is 0 Å². The van der Waals surface area contributed by atoms with Gasteiger partial charge in [0.05, 0.1) is 6.54 Å². The van der Waals surface area contributed by atoms with Gasteiger partial charge in [-0.1, -0.05) is 23.7 Å². The predicted octanol–water partition coefficient (Wildman–Crippen LogP) is 2.31. The summed E-state index contributed by atoms with van der Waals surface area (Å²) in [7, 11) is 0. The van der Waals surface area contributed by atoms with Crippen LogP contribution in [0.15, 0.2) is 29.3 Å². The van der Waals surface area contributed by atoms with Crippen molar-refractivity contribution >= 4 is 23.5 Å². The van der Waals surface area contributed by atoms with Crippen molar-refractivity contribution in [2.45, 2.75) is 39.8 Å². The van der Waals surface area contributed by atoms with Gasteiger partial charge in [-0.25, -0.2) is 4.99 Å². The maximum Gasteiger partial charge on any atom is 0.221 e. The molecule has 1 aromatic carbocycles. The van der Waals surface area contributed by atoms with Crippen LogP contribution in [-0.4, -0.2) is 31.0 Å². The van der Waals surface area contributed by atoms with Crippen molar-refractivity contribution in [1.82, 2.24) is 16.0 Å². The summed E-state index contributed by atoms with van der Waals surface area (Å²) < 4.78 is 0.